The molecule has 3 aromatic carbocycles. The van der Waals surface area contributed by atoms with Crippen molar-refractivity contribution in [2.75, 3.05) is 0 Å². The molecule has 4 aromatic rings. The van der Waals surface area contributed by atoms with Crippen LogP contribution in [0.25, 0.3) is 28.7 Å². The van der Waals surface area contributed by atoms with Crippen molar-refractivity contribution >= 4 is 23.1 Å². The van der Waals surface area contributed by atoms with Crippen LogP contribution in [0.4, 0.5) is 0 Å². The maximum Gasteiger partial charge on any atom is 0.266 e. The maximum absolute atomic E-state index is 13.2. The summed E-state index contributed by atoms with van der Waals surface area (Å²) in [5, 5.41) is 19.7. The maximum atomic E-state index is 13.2. The van der Waals surface area contributed by atoms with E-state index in [1.165, 1.54) is 12.1 Å². The fourth-order valence-electron chi connectivity index (χ4n) is 3.09. The van der Waals surface area contributed by atoms with Crippen LogP contribution in [-0.4, -0.2) is 19.8 Å². The van der Waals surface area contributed by atoms with Crippen molar-refractivity contribution in [1.82, 2.24) is 9.55 Å². The predicted octanol–water partition coefficient (Wildman–Crippen LogP) is 4.28. The van der Waals surface area contributed by atoms with Crippen LogP contribution in [0.15, 0.2) is 71.5 Å². The zero-order valence-corrected chi connectivity index (χ0v) is 15.2. The van der Waals surface area contributed by atoms with Crippen LogP contribution in [0.5, 0.6) is 11.5 Å². The number of nitrogens with zero attached hydrogens (tertiary/aromatic N) is 2. The Labute approximate surface area is 161 Å². The summed E-state index contributed by atoms with van der Waals surface area (Å²) in [5.74, 6) is 0.0872. The summed E-state index contributed by atoms with van der Waals surface area (Å²) in [5.41, 5.74) is 2.91. The van der Waals surface area contributed by atoms with Crippen molar-refractivity contribution in [3.8, 4) is 17.2 Å². The number of phenols is 2. The van der Waals surface area contributed by atoms with Gasteiger partial charge in [-0.05, 0) is 60.5 Å². The van der Waals surface area contributed by atoms with E-state index in [2.05, 4.69) is 4.98 Å². The van der Waals surface area contributed by atoms with E-state index in [0.29, 0.717) is 22.3 Å². The van der Waals surface area contributed by atoms with E-state index in [9.17, 15) is 15.0 Å². The Morgan fingerprint density at radius 3 is 2.50 bits per heavy atom. The molecule has 0 amide bonds. The number of benzene rings is 3. The Morgan fingerprint density at radius 2 is 1.71 bits per heavy atom. The highest BCUT2D eigenvalue weighted by Gasteiger charge is 2.11. The molecule has 0 saturated heterocycles. The summed E-state index contributed by atoms with van der Waals surface area (Å²) in [6, 6.07) is 19.4. The van der Waals surface area contributed by atoms with Crippen LogP contribution in [0.1, 0.15) is 17.0 Å². The summed E-state index contributed by atoms with van der Waals surface area (Å²) in [4.78, 5) is 17.8. The van der Waals surface area contributed by atoms with E-state index < -0.39 is 0 Å². The molecule has 0 bridgehead atoms. The van der Waals surface area contributed by atoms with Gasteiger partial charge in [-0.1, -0.05) is 36.4 Å². The van der Waals surface area contributed by atoms with Crippen molar-refractivity contribution in [3.63, 3.8) is 0 Å². The average molecular weight is 370 g/mol. The first-order chi connectivity index (χ1) is 13.5. The number of phenolic OH excluding ortho intramolecular Hbond substituents is 2. The first-order valence-electron chi connectivity index (χ1n) is 8.82. The van der Waals surface area contributed by atoms with Gasteiger partial charge in [-0.15, -0.1) is 0 Å². The first kappa shape index (κ1) is 17.5. The molecule has 4 rings (SSSR count). The lowest BCUT2D eigenvalue weighted by Gasteiger charge is -2.12. The molecule has 0 aliphatic rings. The lowest BCUT2D eigenvalue weighted by atomic mass is 10.1. The standard InChI is InChI=1S/C23H18N2O3/c1-15-5-4-6-17(13-15)25-22(12-10-16-9-11-20(26)21(27)14-16)24-19-8-3-2-7-18(19)23(25)28/h2-14,26-27H,1H3/b12-10+. The summed E-state index contributed by atoms with van der Waals surface area (Å²) >= 11 is 0. The fraction of sp³-hybridized carbons (Fsp3) is 0.0435. The molecule has 0 saturated carbocycles. The van der Waals surface area contributed by atoms with Crippen LogP contribution in [0.2, 0.25) is 0 Å². The highest BCUT2D eigenvalue weighted by atomic mass is 16.3. The minimum Gasteiger partial charge on any atom is -0.504 e. The van der Waals surface area contributed by atoms with Crippen LogP contribution in [-0.2, 0) is 0 Å². The van der Waals surface area contributed by atoms with Crippen LogP contribution < -0.4 is 5.56 Å². The van der Waals surface area contributed by atoms with E-state index >= 15 is 0 Å². The molecule has 0 atom stereocenters. The van der Waals surface area contributed by atoms with Crippen molar-refractivity contribution in [1.29, 1.82) is 0 Å². The average Bonchev–Trinajstić information content (AvgIpc) is 2.69. The Balaban J connectivity index is 1.93. The monoisotopic (exact) mass is 370 g/mol. The van der Waals surface area contributed by atoms with Crippen LogP contribution >= 0.6 is 0 Å². The van der Waals surface area contributed by atoms with Crippen LogP contribution in [0.3, 0.4) is 0 Å². The molecule has 0 spiro atoms. The third kappa shape index (κ3) is 3.25. The summed E-state index contributed by atoms with van der Waals surface area (Å²) < 4.78 is 1.58. The largest absolute Gasteiger partial charge is 0.504 e. The van der Waals surface area contributed by atoms with E-state index in [0.717, 1.165) is 11.3 Å². The van der Waals surface area contributed by atoms with Gasteiger partial charge in [0.25, 0.3) is 5.56 Å². The molecule has 28 heavy (non-hydrogen) atoms. The van der Waals surface area contributed by atoms with Crippen molar-refractivity contribution in [2.24, 2.45) is 0 Å². The smallest absolute Gasteiger partial charge is 0.266 e. The number of aryl methyl sites for hydroxylation is 1. The molecule has 5 heteroatoms. The van der Waals surface area contributed by atoms with Crippen LogP contribution in [0, 0.1) is 6.92 Å². The molecule has 0 aliphatic carbocycles. The van der Waals surface area contributed by atoms with Gasteiger partial charge in [0.2, 0.25) is 0 Å². The number of rotatable bonds is 3. The highest BCUT2D eigenvalue weighted by molar-refractivity contribution is 5.80. The molecule has 5 nitrogen and oxygen atoms in total. The Bertz CT molecular complexity index is 1270. The van der Waals surface area contributed by atoms with Gasteiger partial charge >= 0.3 is 0 Å². The highest BCUT2D eigenvalue weighted by Crippen LogP contribution is 2.26. The number of aromatic hydroxyl groups is 2. The van der Waals surface area contributed by atoms with Gasteiger partial charge in [0.15, 0.2) is 11.5 Å². The van der Waals surface area contributed by atoms with Gasteiger partial charge in [0.1, 0.15) is 5.82 Å². The van der Waals surface area contributed by atoms with Crippen molar-refractivity contribution < 1.29 is 10.2 Å². The van der Waals surface area contributed by atoms with Crippen molar-refractivity contribution in [2.45, 2.75) is 6.92 Å². The Morgan fingerprint density at radius 1 is 0.893 bits per heavy atom. The molecular weight excluding hydrogens is 352 g/mol. The minimum atomic E-state index is -0.204. The van der Waals surface area contributed by atoms with Gasteiger partial charge in [-0.25, -0.2) is 4.98 Å². The Kier molecular flexibility index (Phi) is 4.41. The summed E-state index contributed by atoms with van der Waals surface area (Å²) in [6.45, 7) is 1.97. The fourth-order valence-corrected chi connectivity index (χ4v) is 3.09. The van der Waals surface area contributed by atoms with Crippen molar-refractivity contribution in [3.05, 3.63) is 94.0 Å². The summed E-state index contributed by atoms with van der Waals surface area (Å²) in [6.07, 6.45) is 3.46. The number of hydrogen-bond donors (Lipinski definition) is 2. The van der Waals surface area contributed by atoms with E-state index in [1.54, 1.807) is 34.9 Å². The second kappa shape index (κ2) is 7.04. The molecule has 138 valence electrons. The number of para-hydroxylation sites is 1. The first-order valence-corrected chi connectivity index (χ1v) is 8.82. The lowest BCUT2D eigenvalue weighted by Crippen LogP contribution is -2.22. The summed E-state index contributed by atoms with van der Waals surface area (Å²) in [7, 11) is 0. The predicted molar refractivity (Wildman–Crippen MR) is 111 cm³/mol. The quantitative estimate of drug-likeness (QED) is 0.528. The zero-order valence-electron chi connectivity index (χ0n) is 15.2. The normalized spacial score (nSPS) is 11.3. The van der Waals surface area contributed by atoms with Gasteiger partial charge in [-0.2, -0.15) is 0 Å². The van der Waals surface area contributed by atoms with E-state index in [-0.39, 0.29) is 17.1 Å². The molecular formula is C23H18N2O3. The SMILES string of the molecule is Cc1cccc(-n2c(/C=C/c3ccc(O)c(O)c3)nc3ccccc3c2=O)c1. The Hall–Kier alpha value is -3.86. The number of fused-ring (bicyclic) bond motifs is 1. The van der Waals surface area contributed by atoms with Gasteiger partial charge in [0, 0.05) is 0 Å². The number of hydrogen-bond acceptors (Lipinski definition) is 4. The molecule has 2 N–H and O–H groups in total. The minimum absolute atomic E-state index is 0.149. The van der Waals surface area contributed by atoms with Gasteiger partial charge < -0.3 is 10.2 Å². The second-order valence-corrected chi connectivity index (χ2v) is 6.55. The molecule has 1 heterocycles. The molecule has 1 aromatic heterocycles. The van der Waals surface area contributed by atoms with E-state index in [4.69, 9.17) is 0 Å². The van der Waals surface area contributed by atoms with Gasteiger partial charge in [0.05, 0.1) is 16.6 Å². The molecule has 0 fully saturated rings. The lowest BCUT2D eigenvalue weighted by molar-refractivity contribution is 0.403. The third-order valence-corrected chi connectivity index (χ3v) is 4.49. The molecule has 0 aliphatic heterocycles. The zero-order chi connectivity index (χ0) is 19.7. The third-order valence-electron chi connectivity index (χ3n) is 4.49. The van der Waals surface area contributed by atoms with E-state index in [1.807, 2.05) is 43.3 Å². The molecule has 0 unspecified atom stereocenters. The second-order valence-electron chi connectivity index (χ2n) is 6.55. The van der Waals surface area contributed by atoms with Gasteiger partial charge in [-0.3, -0.25) is 9.36 Å². The molecule has 0 radical (unpaired) electrons. The number of aromatic nitrogens is 2. The topological polar surface area (TPSA) is 75.3 Å².